The van der Waals surface area contributed by atoms with E-state index in [0.717, 1.165) is 5.56 Å². The minimum absolute atomic E-state index is 0.0173. The van der Waals surface area contributed by atoms with E-state index in [9.17, 15) is 9.59 Å². The molecule has 7 nitrogen and oxygen atoms in total. The second-order valence-electron chi connectivity index (χ2n) is 5.12. The molecule has 22 heavy (non-hydrogen) atoms. The Bertz CT molecular complexity index is 738. The molecule has 1 aliphatic rings. The highest BCUT2D eigenvalue weighted by Crippen LogP contribution is 2.30. The van der Waals surface area contributed by atoms with Crippen LogP contribution in [0.2, 0.25) is 0 Å². The lowest BCUT2D eigenvalue weighted by Crippen LogP contribution is -2.28. The quantitative estimate of drug-likeness (QED) is 0.901. The lowest BCUT2D eigenvalue weighted by Gasteiger charge is -2.20. The Morgan fingerprint density at radius 2 is 2.23 bits per heavy atom. The summed E-state index contributed by atoms with van der Waals surface area (Å²) < 4.78 is 10.2. The van der Waals surface area contributed by atoms with Crippen molar-refractivity contribution >= 4 is 17.5 Å². The molecule has 0 spiro atoms. The number of amides is 2. The maximum Gasteiger partial charge on any atom is 0.290 e. The Hall–Kier alpha value is -2.83. The second kappa shape index (κ2) is 5.51. The van der Waals surface area contributed by atoms with Crippen LogP contribution >= 0.6 is 0 Å². The summed E-state index contributed by atoms with van der Waals surface area (Å²) in [7, 11) is 0. The third-order valence-electron chi connectivity index (χ3n) is 3.34. The van der Waals surface area contributed by atoms with Crippen LogP contribution < -0.4 is 15.4 Å². The number of hydrogen-bond acceptors (Lipinski definition) is 5. The Morgan fingerprint density at radius 3 is 2.95 bits per heavy atom. The van der Waals surface area contributed by atoms with Crippen LogP contribution in [0.1, 0.15) is 34.8 Å². The maximum absolute atomic E-state index is 12.0. The van der Waals surface area contributed by atoms with E-state index >= 15 is 0 Å². The van der Waals surface area contributed by atoms with Crippen molar-refractivity contribution in [3.05, 3.63) is 41.3 Å². The first kappa shape index (κ1) is 14.1. The van der Waals surface area contributed by atoms with Crippen molar-refractivity contribution in [1.82, 2.24) is 10.5 Å². The van der Waals surface area contributed by atoms with Crippen molar-refractivity contribution in [2.45, 2.75) is 19.9 Å². The van der Waals surface area contributed by atoms with Crippen molar-refractivity contribution in [1.29, 1.82) is 0 Å². The van der Waals surface area contributed by atoms with E-state index in [1.807, 2.05) is 13.0 Å². The first-order chi connectivity index (χ1) is 10.5. The van der Waals surface area contributed by atoms with Crippen molar-refractivity contribution in [2.75, 3.05) is 11.9 Å². The molecule has 1 aromatic carbocycles. The van der Waals surface area contributed by atoms with Crippen LogP contribution in [0.3, 0.4) is 0 Å². The fraction of sp³-hybridized carbons (Fsp3) is 0.267. The van der Waals surface area contributed by atoms with Gasteiger partial charge in [0.2, 0.25) is 5.76 Å². The lowest BCUT2D eigenvalue weighted by atomic mass is 10.1. The molecule has 2 heterocycles. The number of rotatable bonds is 3. The van der Waals surface area contributed by atoms with E-state index in [-0.39, 0.29) is 30.2 Å². The van der Waals surface area contributed by atoms with E-state index < -0.39 is 0 Å². The van der Waals surface area contributed by atoms with E-state index in [0.29, 0.717) is 17.1 Å². The number of carbonyl (C=O) groups is 2. The van der Waals surface area contributed by atoms with Crippen molar-refractivity contribution < 1.29 is 18.8 Å². The number of fused-ring (bicyclic) bond motifs is 1. The molecule has 0 saturated heterocycles. The van der Waals surface area contributed by atoms with E-state index in [4.69, 9.17) is 9.26 Å². The summed E-state index contributed by atoms with van der Waals surface area (Å²) in [5.41, 5.74) is 2.09. The van der Waals surface area contributed by atoms with E-state index in [1.165, 1.54) is 0 Å². The zero-order valence-electron chi connectivity index (χ0n) is 12.2. The molecule has 0 aliphatic carbocycles. The number of nitrogens with one attached hydrogen (secondary N) is 2. The summed E-state index contributed by atoms with van der Waals surface area (Å²) >= 11 is 0. The highest BCUT2D eigenvalue weighted by atomic mass is 16.5. The van der Waals surface area contributed by atoms with Gasteiger partial charge in [0, 0.05) is 6.07 Å². The highest BCUT2D eigenvalue weighted by molar-refractivity contribution is 5.95. The summed E-state index contributed by atoms with van der Waals surface area (Å²) in [4.78, 5) is 23.4. The van der Waals surface area contributed by atoms with Gasteiger partial charge in [-0.15, -0.1) is 0 Å². The third-order valence-corrected chi connectivity index (χ3v) is 3.34. The smallest absolute Gasteiger partial charge is 0.290 e. The lowest BCUT2D eigenvalue weighted by molar-refractivity contribution is -0.118. The molecular formula is C15H15N3O4. The Kier molecular flexibility index (Phi) is 3.54. The van der Waals surface area contributed by atoms with Crippen molar-refractivity contribution in [3.63, 3.8) is 0 Å². The average Bonchev–Trinajstić information content (AvgIpc) is 2.93. The molecule has 0 fully saturated rings. The summed E-state index contributed by atoms with van der Waals surface area (Å²) in [5, 5.41) is 9.24. The van der Waals surface area contributed by atoms with Gasteiger partial charge in [0.25, 0.3) is 11.8 Å². The largest absolute Gasteiger partial charge is 0.482 e. The SMILES string of the molecule is Cc1cc(C(=O)N[C@H](C)c2ccc3c(c2)NC(=O)CO3)on1. The van der Waals surface area contributed by atoms with Gasteiger partial charge in [-0.3, -0.25) is 9.59 Å². The van der Waals surface area contributed by atoms with Gasteiger partial charge in [0.15, 0.2) is 6.61 Å². The molecule has 2 N–H and O–H groups in total. The number of ether oxygens (including phenoxy) is 1. The Balaban J connectivity index is 1.75. The van der Waals surface area contributed by atoms with Crippen LogP contribution in [0.15, 0.2) is 28.8 Å². The van der Waals surface area contributed by atoms with Gasteiger partial charge < -0.3 is 19.9 Å². The van der Waals surface area contributed by atoms with Gasteiger partial charge >= 0.3 is 0 Å². The number of aryl methyl sites for hydroxylation is 1. The number of carbonyl (C=O) groups excluding carboxylic acids is 2. The highest BCUT2D eigenvalue weighted by Gasteiger charge is 2.19. The summed E-state index contributed by atoms with van der Waals surface area (Å²) in [6.07, 6.45) is 0. The molecule has 0 saturated carbocycles. The van der Waals surface area contributed by atoms with Crippen molar-refractivity contribution in [2.24, 2.45) is 0 Å². The summed E-state index contributed by atoms with van der Waals surface area (Å²) in [6, 6.07) is 6.70. The molecule has 1 aromatic heterocycles. The zero-order chi connectivity index (χ0) is 15.7. The van der Waals surface area contributed by atoms with Gasteiger partial charge in [0.1, 0.15) is 5.75 Å². The van der Waals surface area contributed by atoms with Gasteiger partial charge in [-0.25, -0.2) is 0 Å². The second-order valence-corrected chi connectivity index (χ2v) is 5.12. The molecular weight excluding hydrogens is 286 g/mol. The van der Waals surface area contributed by atoms with Crippen LogP contribution in [-0.4, -0.2) is 23.6 Å². The fourth-order valence-corrected chi connectivity index (χ4v) is 2.19. The van der Waals surface area contributed by atoms with Gasteiger partial charge in [0.05, 0.1) is 17.4 Å². The number of aromatic nitrogens is 1. The van der Waals surface area contributed by atoms with Gasteiger partial charge in [-0.2, -0.15) is 0 Å². The predicted molar refractivity (Wildman–Crippen MR) is 77.7 cm³/mol. The minimum Gasteiger partial charge on any atom is -0.482 e. The average molecular weight is 301 g/mol. The van der Waals surface area contributed by atoms with Crippen LogP contribution in [0, 0.1) is 6.92 Å². The van der Waals surface area contributed by atoms with Crippen LogP contribution in [0.25, 0.3) is 0 Å². The molecule has 3 rings (SSSR count). The first-order valence-electron chi connectivity index (χ1n) is 6.83. The molecule has 114 valence electrons. The number of nitrogens with zero attached hydrogens (tertiary/aromatic N) is 1. The maximum atomic E-state index is 12.0. The predicted octanol–water partition coefficient (Wildman–Crippen LogP) is 1.80. The molecule has 7 heteroatoms. The molecule has 0 radical (unpaired) electrons. The molecule has 2 amide bonds. The first-order valence-corrected chi connectivity index (χ1v) is 6.83. The van der Waals surface area contributed by atoms with E-state index in [2.05, 4.69) is 15.8 Å². The van der Waals surface area contributed by atoms with Gasteiger partial charge in [-0.1, -0.05) is 11.2 Å². The van der Waals surface area contributed by atoms with Crippen LogP contribution in [0.4, 0.5) is 5.69 Å². The monoisotopic (exact) mass is 301 g/mol. The zero-order valence-corrected chi connectivity index (χ0v) is 12.2. The molecule has 0 bridgehead atoms. The standard InChI is InChI=1S/C15H15N3O4/c1-8-5-13(22-18-8)15(20)16-9(2)10-3-4-12-11(6-10)17-14(19)7-21-12/h3-6,9H,7H2,1-2H3,(H,16,20)(H,17,19)/t9-/m1/s1. The Labute approximate surface area is 126 Å². The number of benzene rings is 1. The third kappa shape index (κ3) is 2.78. The number of anilines is 1. The molecule has 2 aromatic rings. The number of hydrogen-bond donors (Lipinski definition) is 2. The Morgan fingerprint density at radius 1 is 1.41 bits per heavy atom. The van der Waals surface area contributed by atoms with Crippen LogP contribution in [0.5, 0.6) is 5.75 Å². The minimum atomic E-state index is -0.342. The topological polar surface area (TPSA) is 93.5 Å². The fourth-order valence-electron chi connectivity index (χ4n) is 2.19. The summed E-state index contributed by atoms with van der Waals surface area (Å²) in [5.74, 6) is 0.247. The molecule has 0 unspecified atom stereocenters. The van der Waals surface area contributed by atoms with Crippen LogP contribution in [-0.2, 0) is 4.79 Å². The normalized spacial score (nSPS) is 14.5. The molecule has 1 atom stereocenters. The molecule has 1 aliphatic heterocycles. The van der Waals surface area contributed by atoms with Gasteiger partial charge in [-0.05, 0) is 31.5 Å². The summed E-state index contributed by atoms with van der Waals surface area (Å²) in [6.45, 7) is 3.60. The van der Waals surface area contributed by atoms with Crippen molar-refractivity contribution in [3.8, 4) is 5.75 Å². The van der Waals surface area contributed by atoms with E-state index in [1.54, 1.807) is 25.1 Å².